The summed E-state index contributed by atoms with van der Waals surface area (Å²) >= 11 is 0. The van der Waals surface area contributed by atoms with E-state index in [0.717, 1.165) is 28.8 Å². The maximum atomic E-state index is 12.0. The van der Waals surface area contributed by atoms with Crippen LogP contribution < -0.4 is 0 Å². The molecule has 1 aliphatic heterocycles. The molecule has 0 saturated carbocycles. The molecule has 0 radical (unpaired) electrons. The van der Waals surface area contributed by atoms with Crippen molar-refractivity contribution in [1.29, 1.82) is 0 Å². The van der Waals surface area contributed by atoms with Gasteiger partial charge in [-0.1, -0.05) is 23.8 Å². The maximum Gasteiger partial charge on any atom is 0.186 e. The van der Waals surface area contributed by atoms with Crippen LogP contribution in [0.25, 0.3) is 0 Å². The number of hydrogen-bond donors (Lipinski definition) is 0. The summed E-state index contributed by atoms with van der Waals surface area (Å²) in [4.78, 5) is 16.2. The molecule has 1 aromatic rings. The number of benzene rings is 1. The van der Waals surface area contributed by atoms with Crippen LogP contribution in [0.3, 0.4) is 0 Å². The summed E-state index contributed by atoms with van der Waals surface area (Å²) in [5, 5.41) is 0. The molecule has 0 aromatic heterocycles. The highest BCUT2D eigenvalue weighted by molar-refractivity contribution is 6.10. The van der Waals surface area contributed by atoms with Gasteiger partial charge in [0.1, 0.15) is 0 Å². The Balaban J connectivity index is 2.17. The highest BCUT2D eigenvalue weighted by Gasteiger charge is 2.06. The summed E-state index contributed by atoms with van der Waals surface area (Å²) < 4.78 is 0. The molecule has 0 N–H and O–H groups in total. The highest BCUT2D eigenvalue weighted by Crippen LogP contribution is 2.12. The zero-order chi connectivity index (χ0) is 12.3. The molecular weight excluding hydrogens is 210 g/mol. The lowest BCUT2D eigenvalue weighted by atomic mass is 10.0. The van der Waals surface area contributed by atoms with Crippen LogP contribution in [-0.2, 0) is 0 Å². The Morgan fingerprint density at radius 2 is 2.18 bits per heavy atom. The summed E-state index contributed by atoms with van der Waals surface area (Å²) in [7, 11) is 0. The van der Waals surface area contributed by atoms with Crippen LogP contribution in [0, 0.1) is 13.8 Å². The molecule has 17 heavy (non-hydrogen) atoms. The number of rotatable bonds is 3. The number of ketones is 1. The average molecular weight is 225 g/mol. The van der Waals surface area contributed by atoms with E-state index in [-0.39, 0.29) is 5.78 Å². The second-order valence-corrected chi connectivity index (χ2v) is 4.23. The van der Waals surface area contributed by atoms with E-state index < -0.39 is 0 Å². The van der Waals surface area contributed by atoms with Crippen LogP contribution in [0.1, 0.15) is 27.9 Å². The van der Waals surface area contributed by atoms with E-state index in [1.807, 2.05) is 38.1 Å². The first-order valence-electron chi connectivity index (χ1n) is 5.68. The quantitative estimate of drug-likeness (QED) is 0.572. The van der Waals surface area contributed by atoms with Crippen molar-refractivity contribution in [3.63, 3.8) is 0 Å². The van der Waals surface area contributed by atoms with Crippen molar-refractivity contribution >= 4 is 11.5 Å². The normalized spacial score (nSPS) is 14.4. The molecule has 1 aliphatic rings. The number of aryl methyl sites for hydroxylation is 2. The Kier molecular flexibility index (Phi) is 3.33. The average Bonchev–Trinajstić information content (AvgIpc) is 2.82. The van der Waals surface area contributed by atoms with E-state index in [0.29, 0.717) is 0 Å². The molecule has 0 aliphatic carbocycles. The molecule has 86 valence electrons. The number of carbonyl (C=O) groups excluding carboxylic acids is 1. The number of hydrogen-bond acceptors (Lipinski definition) is 2. The minimum Gasteiger partial charge on any atom is -0.289 e. The lowest BCUT2D eigenvalue weighted by Crippen LogP contribution is -1.99. The zero-order valence-corrected chi connectivity index (χ0v) is 10.1. The summed E-state index contributed by atoms with van der Waals surface area (Å²) in [6, 6.07) is 5.92. The molecule has 0 bridgehead atoms. The Morgan fingerprint density at radius 3 is 2.88 bits per heavy atom. The topological polar surface area (TPSA) is 29.4 Å². The molecule has 2 rings (SSSR count). The summed E-state index contributed by atoms with van der Waals surface area (Å²) in [6.45, 7) is 3.94. The van der Waals surface area contributed by atoms with E-state index in [4.69, 9.17) is 0 Å². The summed E-state index contributed by atoms with van der Waals surface area (Å²) in [5.74, 6) is 0.0424. The van der Waals surface area contributed by atoms with Crippen LogP contribution in [0.4, 0.5) is 0 Å². The molecule has 0 saturated heterocycles. The Hall–Kier alpha value is -1.96. The van der Waals surface area contributed by atoms with E-state index in [1.165, 1.54) is 0 Å². The van der Waals surface area contributed by atoms with Gasteiger partial charge in [0, 0.05) is 23.9 Å². The molecule has 0 atom stereocenters. The predicted molar refractivity (Wildman–Crippen MR) is 70.6 cm³/mol. The standard InChI is InChI=1S/C15H15NO/c1-11-5-6-12(2)14(10-11)15(17)8-7-13-4-3-9-16-13/h3,5-10H,4H2,1-2H3/b8-7+. The van der Waals surface area contributed by atoms with Gasteiger partial charge in [0.05, 0.1) is 0 Å². The number of carbonyl (C=O) groups is 1. The van der Waals surface area contributed by atoms with Crippen LogP contribution in [-0.4, -0.2) is 11.5 Å². The molecule has 2 nitrogen and oxygen atoms in total. The Labute approximate surface area is 101 Å². The highest BCUT2D eigenvalue weighted by atomic mass is 16.1. The lowest BCUT2D eigenvalue weighted by Gasteiger charge is -2.02. The van der Waals surface area contributed by atoms with E-state index in [1.54, 1.807) is 18.4 Å². The van der Waals surface area contributed by atoms with Gasteiger partial charge in [-0.25, -0.2) is 0 Å². The van der Waals surface area contributed by atoms with E-state index >= 15 is 0 Å². The number of aliphatic imine (C=N–C) groups is 1. The van der Waals surface area contributed by atoms with Crippen LogP contribution in [0.2, 0.25) is 0 Å². The molecule has 0 amide bonds. The van der Waals surface area contributed by atoms with Crippen LogP contribution in [0.5, 0.6) is 0 Å². The van der Waals surface area contributed by atoms with Crippen LogP contribution >= 0.6 is 0 Å². The van der Waals surface area contributed by atoms with Gasteiger partial charge < -0.3 is 0 Å². The number of allylic oxidation sites excluding steroid dienone is 3. The maximum absolute atomic E-state index is 12.0. The van der Waals surface area contributed by atoms with Gasteiger partial charge in [0.15, 0.2) is 5.78 Å². The molecular formula is C15H15NO. The van der Waals surface area contributed by atoms with Crippen molar-refractivity contribution in [2.45, 2.75) is 20.3 Å². The predicted octanol–water partition coefficient (Wildman–Crippen LogP) is 3.40. The Bertz CT molecular complexity index is 536. The summed E-state index contributed by atoms with van der Waals surface area (Å²) in [6.07, 6.45) is 7.96. The van der Waals surface area contributed by atoms with Gasteiger partial charge in [0.2, 0.25) is 0 Å². The first-order chi connectivity index (χ1) is 8.16. The fraction of sp³-hybridized carbons (Fsp3) is 0.200. The van der Waals surface area contributed by atoms with E-state index in [2.05, 4.69) is 4.99 Å². The SMILES string of the molecule is Cc1ccc(C)c(C(=O)/C=C/C2=NC=CC2)c1. The third-order valence-electron chi connectivity index (χ3n) is 2.76. The third-order valence-corrected chi connectivity index (χ3v) is 2.76. The first-order valence-corrected chi connectivity index (χ1v) is 5.68. The van der Waals surface area contributed by atoms with E-state index in [9.17, 15) is 4.79 Å². The first kappa shape index (κ1) is 11.5. The fourth-order valence-corrected chi connectivity index (χ4v) is 1.75. The van der Waals surface area contributed by atoms with Crippen molar-refractivity contribution in [2.24, 2.45) is 4.99 Å². The van der Waals surface area contributed by atoms with Gasteiger partial charge in [-0.2, -0.15) is 0 Å². The minimum absolute atomic E-state index is 0.0424. The largest absolute Gasteiger partial charge is 0.289 e. The van der Waals surface area contributed by atoms with Crippen LogP contribution in [0.15, 0.2) is 47.6 Å². The van der Waals surface area contributed by atoms with Gasteiger partial charge >= 0.3 is 0 Å². The van der Waals surface area contributed by atoms with Crippen molar-refractivity contribution in [3.05, 3.63) is 59.3 Å². The van der Waals surface area contributed by atoms with Gasteiger partial charge in [0.25, 0.3) is 0 Å². The van der Waals surface area contributed by atoms with Gasteiger partial charge in [-0.3, -0.25) is 9.79 Å². The van der Waals surface area contributed by atoms with Crippen molar-refractivity contribution < 1.29 is 4.79 Å². The molecule has 1 heterocycles. The molecule has 1 aromatic carbocycles. The Morgan fingerprint density at radius 1 is 1.35 bits per heavy atom. The second kappa shape index (κ2) is 4.91. The molecule has 0 fully saturated rings. The smallest absolute Gasteiger partial charge is 0.186 e. The van der Waals surface area contributed by atoms with Gasteiger partial charge in [-0.05, 0) is 37.6 Å². The number of nitrogens with zero attached hydrogens (tertiary/aromatic N) is 1. The molecule has 2 heteroatoms. The minimum atomic E-state index is 0.0424. The van der Waals surface area contributed by atoms with Crippen molar-refractivity contribution in [1.82, 2.24) is 0 Å². The van der Waals surface area contributed by atoms with Crippen molar-refractivity contribution in [2.75, 3.05) is 0 Å². The lowest BCUT2D eigenvalue weighted by molar-refractivity contribution is 0.104. The third kappa shape index (κ3) is 2.78. The van der Waals surface area contributed by atoms with Crippen molar-refractivity contribution in [3.8, 4) is 0 Å². The second-order valence-electron chi connectivity index (χ2n) is 4.23. The zero-order valence-electron chi connectivity index (χ0n) is 10.1. The monoisotopic (exact) mass is 225 g/mol. The van der Waals surface area contributed by atoms with Gasteiger partial charge in [-0.15, -0.1) is 0 Å². The molecule has 0 unspecified atom stereocenters. The summed E-state index contributed by atoms with van der Waals surface area (Å²) in [5.41, 5.74) is 3.82. The molecule has 0 spiro atoms. The fourth-order valence-electron chi connectivity index (χ4n) is 1.75.